The van der Waals surface area contributed by atoms with Crippen LogP contribution < -0.4 is 10.2 Å². The predicted octanol–water partition coefficient (Wildman–Crippen LogP) is 2.39. The zero-order valence-corrected chi connectivity index (χ0v) is 19.6. The lowest BCUT2D eigenvalue weighted by atomic mass is 9.95. The van der Waals surface area contributed by atoms with E-state index in [1.165, 1.54) is 27.8 Å². The molecule has 2 atom stereocenters. The van der Waals surface area contributed by atoms with E-state index in [0.29, 0.717) is 32.0 Å². The monoisotopic (exact) mass is 505 g/mol. The molecule has 0 amide bonds. The van der Waals surface area contributed by atoms with Crippen LogP contribution in [0.5, 0.6) is 0 Å². The molecular formula is C21H26F3N3O4S2. The summed E-state index contributed by atoms with van der Waals surface area (Å²) < 4.78 is 72.5. The molecule has 2 N–H and O–H groups in total. The number of piperazine rings is 1. The van der Waals surface area contributed by atoms with Crippen molar-refractivity contribution in [2.75, 3.05) is 44.3 Å². The van der Waals surface area contributed by atoms with Gasteiger partial charge in [0.1, 0.15) is 4.21 Å². The number of rotatable bonds is 7. The zero-order valence-electron chi connectivity index (χ0n) is 18.0. The molecule has 0 spiro atoms. The van der Waals surface area contributed by atoms with Crippen molar-refractivity contribution < 1.29 is 31.4 Å². The minimum absolute atomic E-state index is 0.195. The molecule has 0 unspecified atom stereocenters. The van der Waals surface area contributed by atoms with Crippen LogP contribution in [0.2, 0.25) is 0 Å². The van der Waals surface area contributed by atoms with Gasteiger partial charge in [0.25, 0.3) is 10.0 Å². The predicted molar refractivity (Wildman–Crippen MR) is 119 cm³/mol. The van der Waals surface area contributed by atoms with Gasteiger partial charge in [0.15, 0.2) is 5.60 Å². The van der Waals surface area contributed by atoms with Gasteiger partial charge in [-0.1, -0.05) is 18.2 Å². The highest BCUT2D eigenvalue weighted by Gasteiger charge is 2.51. The summed E-state index contributed by atoms with van der Waals surface area (Å²) in [6.07, 6.45) is -4.80. The Labute approximate surface area is 194 Å². The molecule has 12 heteroatoms. The van der Waals surface area contributed by atoms with Gasteiger partial charge in [-0.05, 0) is 36.1 Å². The summed E-state index contributed by atoms with van der Waals surface area (Å²) in [5.41, 5.74) is -2.54. The number of anilines is 1. The number of halogens is 3. The number of hydrogen-bond donors (Lipinski definition) is 2. The average Bonchev–Trinajstić information content (AvgIpc) is 3.28. The van der Waals surface area contributed by atoms with Crippen LogP contribution in [0.3, 0.4) is 0 Å². The van der Waals surface area contributed by atoms with Gasteiger partial charge in [-0.25, -0.2) is 8.42 Å². The standard InChI is InChI=1S/C21H26F3N3O4S2/c1-20(28,21(22,23)24)15-4-6-17(7-5-15)27-9-8-26(33(29,30)19-3-2-10-32-19)12-18(27)11-25-16-13-31-14-16/h2-7,10,16,18,25,28H,8-9,11-14H2,1H3/t18-,20-/m0/s1. The molecule has 4 rings (SSSR count). The Morgan fingerprint density at radius 2 is 1.88 bits per heavy atom. The summed E-state index contributed by atoms with van der Waals surface area (Å²) in [7, 11) is -3.62. The van der Waals surface area contributed by atoms with Gasteiger partial charge in [-0.15, -0.1) is 11.3 Å². The van der Waals surface area contributed by atoms with Crippen molar-refractivity contribution in [2.45, 2.75) is 35.0 Å². The van der Waals surface area contributed by atoms with E-state index in [4.69, 9.17) is 4.74 Å². The number of alkyl halides is 3. The van der Waals surface area contributed by atoms with Gasteiger partial charge in [0.05, 0.1) is 25.3 Å². The maximum atomic E-state index is 13.2. The molecule has 2 aliphatic rings. The van der Waals surface area contributed by atoms with Crippen molar-refractivity contribution in [1.29, 1.82) is 0 Å². The third-order valence-corrected chi connectivity index (χ3v) is 9.37. The largest absolute Gasteiger partial charge is 0.421 e. The third kappa shape index (κ3) is 4.91. The van der Waals surface area contributed by atoms with E-state index >= 15 is 0 Å². The summed E-state index contributed by atoms with van der Waals surface area (Å²) in [6.45, 7) is 3.27. The smallest absolute Gasteiger partial charge is 0.378 e. The Kier molecular flexibility index (Phi) is 6.78. The molecule has 1 aromatic heterocycles. The molecular weight excluding hydrogens is 479 g/mol. The number of hydrogen-bond acceptors (Lipinski definition) is 7. The highest BCUT2D eigenvalue weighted by atomic mass is 32.2. The maximum absolute atomic E-state index is 13.2. The molecule has 2 fully saturated rings. The summed E-state index contributed by atoms with van der Waals surface area (Å²) >= 11 is 1.17. The van der Waals surface area contributed by atoms with Gasteiger partial charge in [0, 0.05) is 31.9 Å². The topological polar surface area (TPSA) is 82.1 Å². The molecule has 0 saturated carbocycles. The minimum Gasteiger partial charge on any atom is -0.378 e. The van der Waals surface area contributed by atoms with Gasteiger partial charge in [-0.2, -0.15) is 17.5 Å². The van der Waals surface area contributed by atoms with Crippen LogP contribution in [0, 0.1) is 0 Å². The number of ether oxygens (including phenoxy) is 1. The SMILES string of the molecule is C[C@](O)(c1ccc(N2CCN(S(=O)(=O)c3cccs3)C[C@@H]2CNC2COC2)cc1)C(F)(F)F. The van der Waals surface area contributed by atoms with Crippen LogP contribution in [-0.4, -0.2) is 75.5 Å². The Morgan fingerprint density at radius 3 is 2.42 bits per heavy atom. The van der Waals surface area contributed by atoms with Crippen LogP contribution in [-0.2, 0) is 20.4 Å². The van der Waals surface area contributed by atoms with Crippen LogP contribution in [0.1, 0.15) is 12.5 Å². The molecule has 1 aromatic carbocycles. The van der Waals surface area contributed by atoms with E-state index in [1.54, 1.807) is 29.6 Å². The van der Waals surface area contributed by atoms with E-state index in [9.17, 15) is 26.7 Å². The van der Waals surface area contributed by atoms with Crippen molar-refractivity contribution in [3.8, 4) is 0 Å². The van der Waals surface area contributed by atoms with E-state index in [0.717, 1.165) is 6.92 Å². The van der Waals surface area contributed by atoms with Crippen molar-refractivity contribution in [2.24, 2.45) is 0 Å². The number of benzene rings is 1. The molecule has 2 aliphatic heterocycles. The molecule has 182 valence electrons. The lowest BCUT2D eigenvalue weighted by Gasteiger charge is -2.43. The number of sulfonamides is 1. The van der Waals surface area contributed by atoms with Crippen molar-refractivity contribution in [3.05, 3.63) is 47.3 Å². The molecule has 2 aromatic rings. The van der Waals surface area contributed by atoms with Crippen molar-refractivity contribution in [1.82, 2.24) is 9.62 Å². The number of thiophene rings is 1. The molecule has 0 radical (unpaired) electrons. The number of nitrogens with one attached hydrogen (secondary N) is 1. The van der Waals surface area contributed by atoms with Gasteiger partial charge >= 0.3 is 6.18 Å². The minimum atomic E-state index is -4.80. The van der Waals surface area contributed by atoms with E-state index in [1.807, 2.05) is 4.90 Å². The first-order chi connectivity index (χ1) is 15.5. The highest BCUT2D eigenvalue weighted by Crippen LogP contribution is 2.39. The average molecular weight is 506 g/mol. The lowest BCUT2D eigenvalue weighted by Crippen LogP contribution is -2.60. The fraction of sp³-hybridized carbons (Fsp3) is 0.524. The van der Waals surface area contributed by atoms with E-state index in [2.05, 4.69) is 5.32 Å². The van der Waals surface area contributed by atoms with Crippen LogP contribution in [0.4, 0.5) is 18.9 Å². The normalized spacial score (nSPS) is 22.7. The first-order valence-electron chi connectivity index (χ1n) is 10.5. The molecule has 33 heavy (non-hydrogen) atoms. The first kappa shape index (κ1) is 24.4. The fourth-order valence-electron chi connectivity index (χ4n) is 3.89. The summed E-state index contributed by atoms with van der Waals surface area (Å²) in [5, 5.41) is 15.0. The van der Waals surface area contributed by atoms with E-state index < -0.39 is 21.8 Å². The second-order valence-electron chi connectivity index (χ2n) is 8.40. The quantitative estimate of drug-likeness (QED) is 0.602. The lowest BCUT2D eigenvalue weighted by molar-refractivity contribution is -0.258. The Hall–Kier alpha value is -1.70. The number of nitrogens with zero attached hydrogens (tertiary/aromatic N) is 2. The zero-order chi connectivity index (χ0) is 23.9. The van der Waals surface area contributed by atoms with Crippen LogP contribution in [0.15, 0.2) is 46.0 Å². The molecule has 7 nitrogen and oxygen atoms in total. The summed E-state index contributed by atoms with van der Waals surface area (Å²) in [6, 6.07) is 8.85. The van der Waals surface area contributed by atoms with Crippen LogP contribution >= 0.6 is 11.3 Å². The summed E-state index contributed by atoms with van der Waals surface area (Å²) in [4.78, 5) is 2.00. The molecule has 0 aliphatic carbocycles. The van der Waals surface area contributed by atoms with Crippen LogP contribution in [0.25, 0.3) is 0 Å². The van der Waals surface area contributed by atoms with Gasteiger partial charge < -0.3 is 20.1 Å². The molecule has 2 saturated heterocycles. The Balaban J connectivity index is 1.55. The van der Waals surface area contributed by atoms with Gasteiger partial charge in [-0.3, -0.25) is 0 Å². The Morgan fingerprint density at radius 1 is 1.18 bits per heavy atom. The van der Waals surface area contributed by atoms with Crippen molar-refractivity contribution >= 4 is 27.0 Å². The second kappa shape index (κ2) is 9.16. The Bertz CT molecular complexity index is 1040. The molecule has 3 heterocycles. The fourth-order valence-corrected chi connectivity index (χ4v) is 6.51. The first-order valence-corrected chi connectivity index (χ1v) is 12.8. The number of aliphatic hydroxyl groups is 1. The highest BCUT2D eigenvalue weighted by molar-refractivity contribution is 7.91. The summed E-state index contributed by atoms with van der Waals surface area (Å²) in [5.74, 6) is 0. The van der Waals surface area contributed by atoms with Crippen molar-refractivity contribution in [3.63, 3.8) is 0 Å². The molecule has 0 bridgehead atoms. The second-order valence-corrected chi connectivity index (χ2v) is 11.5. The van der Waals surface area contributed by atoms with Gasteiger partial charge in [0.2, 0.25) is 0 Å². The maximum Gasteiger partial charge on any atom is 0.421 e. The third-order valence-electron chi connectivity index (χ3n) is 6.13. The van der Waals surface area contributed by atoms with E-state index in [-0.39, 0.29) is 34.9 Å².